The Kier molecular flexibility index (Phi) is 4.59. The van der Waals surface area contributed by atoms with E-state index in [2.05, 4.69) is 16.0 Å². The van der Waals surface area contributed by atoms with Crippen molar-refractivity contribution in [3.8, 4) is 6.07 Å². The van der Waals surface area contributed by atoms with Gasteiger partial charge >= 0.3 is 0 Å². The first-order chi connectivity index (χ1) is 9.93. The fourth-order valence-corrected chi connectivity index (χ4v) is 2.56. The molecule has 1 amide bonds. The molecule has 0 unspecified atom stereocenters. The zero-order valence-electron chi connectivity index (χ0n) is 12.9. The summed E-state index contributed by atoms with van der Waals surface area (Å²) in [4.78, 5) is 20.4. The summed E-state index contributed by atoms with van der Waals surface area (Å²) in [6.07, 6.45) is 3.44. The zero-order chi connectivity index (χ0) is 15.5. The lowest BCUT2D eigenvalue weighted by atomic mass is 9.94. The van der Waals surface area contributed by atoms with Crippen molar-refractivity contribution in [3.05, 3.63) is 30.1 Å². The van der Waals surface area contributed by atoms with E-state index in [1.807, 2.05) is 37.8 Å². The summed E-state index contributed by atoms with van der Waals surface area (Å²) in [5.41, 5.74) is 0.566. The molecule has 1 aromatic rings. The second-order valence-electron chi connectivity index (χ2n) is 6.40. The number of hydrogen-bond donors (Lipinski definition) is 0. The van der Waals surface area contributed by atoms with Crippen molar-refractivity contribution in [1.82, 2.24) is 14.8 Å². The number of aromatic nitrogens is 1. The van der Waals surface area contributed by atoms with Crippen LogP contribution in [0.25, 0.3) is 0 Å². The van der Waals surface area contributed by atoms with E-state index in [1.54, 1.807) is 12.4 Å². The smallest absolute Gasteiger partial charge is 0.228 e. The monoisotopic (exact) mass is 286 g/mol. The standard InChI is InChI=1S/C16H22N4O/c1-16(2,3)15(21)20-9-7-19(8-10-20)14(11-17)13-5-4-6-18-12-13/h4-6,12,14H,7-10H2,1-3H3/t14-/m0/s1. The highest BCUT2D eigenvalue weighted by molar-refractivity contribution is 5.81. The van der Waals surface area contributed by atoms with Gasteiger partial charge < -0.3 is 4.90 Å². The third-order valence-electron chi connectivity index (χ3n) is 3.73. The van der Waals surface area contributed by atoms with Crippen LogP contribution in [0.5, 0.6) is 0 Å². The second-order valence-corrected chi connectivity index (χ2v) is 6.40. The molecule has 1 atom stereocenters. The Hall–Kier alpha value is -1.93. The predicted molar refractivity (Wildman–Crippen MR) is 80.2 cm³/mol. The van der Waals surface area contributed by atoms with Crippen LogP contribution in [-0.2, 0) is 4.79 Å². The molecule has 0 radical (unpaired) electrons. The molecule has 5 heteroatoms. The van der Waals surface area contributed by atoms with Crippen molar-refractivity contribution < 1.29 is 4.79 Å². The molecule has 112 valence electrons. The largest absolute Gasteiger partial charge is 0.340 e. The Bertz CT molecular complexity index is 521. The molecule has 5 nitrogen and oxygen atoms in total. The SMILES string of the molecule is CC(C)(C)C(=O)N1CCN([C@@H](C#N)c2cccnc2)CC1. The summed E-state index contributed by atoms with van der Waals surface area (Å²) in [6, 6.07) is 5.83. The second kappa shape index (κ2) is 6.23. The lowest BCUT2D eigenvalue weighted by Gasteiger charge is -2.39. The van der Waals surface area contributed by atoms with Gasteiger partial charge in [0.05, 0.1) is 6.07 Å². The Balaban J connectivity index is 2.01. The molecule has 0 spiro atoms. The van der Waals surface area contributed by atoms with Gasteiger partial charge in [0.15, 0.2) is 0 Å². The fourth-order valence-electron chi connectivity index (χ4n) is 2.56. The van der Waals surface area contributed by atoms with Gasteiger partial charge in [0.2, 0.25) is 5.91 Å². The number of hydrogen-bond acceptors (Lipinski definition) is 4. The van der Waals surface area contributed by atoms with Gasteiger partial charge in [-0.15, -0.1) is 0 Å². The van der Waals surface area contributed by atoms with Gasteiger partial charge in [-0.25, -0.2) is 0 Å². The van der Waals surface area contributed by atoms with E-state index >= 15 is 0 Å². The normalized spacial score (nSPS) is 18.1. The average Bonchev–Trinajstić information content (AvgIpc) is 2.48. The van der Waals surface area contributed by atoms with E-state index in [-0.39, 0.29) is 17.4 Å². The number of rotatable bonds is 2. The molecule has 0 saturated carbocycles. The van der Waals surface area contributed by atoms with Crippen LogP contribution in [0, 0.1) is 16.7 Å². The van der Waals surface area contributed by atoms with Gasteiger partial charge in [0.1, 0.15) is 6.04 Å². The minimum absolute atomic E-state index is 0.178. The number of piperazine rings is 1. The summed E-state index contributed by atoms with van der Waals surface area (Å²) in [7, 11) is 0. The van der Waals surface area contributed by atoms with E-state index in [4.69, 9.17) is 0 Å². The maximum Gasteiger partial charge on any atom is 0.228 e. The molecule has 0 bridgehead atoms. The lowest BCUT2D eigenvalue weighted by molar-refractivity contribution is -0.141. The van der Waals surface area contributed by atoms with Crippen molar-refractivity contribution in [2.75, 3.05) is 26.2 Å². The predicted octanol–water partition coefficient (Wildman–Crippen LogP) is 1.84. The van der Waals surface area contributed by atoms with Crippen LogP contribution in [0.4, 0.5) is 0 Å². The highest BCUT2D eigenvalue weighted by atomic mass is 16.2. The van der Waals surface area contributed by atoms with Crippen molar-refractivity contribution in [1.29, 1.82) is 5.26 Å². The molecular weight excluding hydrogens is 264 g/mol. The Morgan fingerprint density at radius 1 is 1.33 bits per heavy atom. The summed E-state index contributed by atoms with van der Waals surface area (Å²) in [5, 5.41) is 9.44. The molecule has 1 fully saturated rings. The van der Waals surface area contributed by atoms with Crippen LogP contribution in [0.15, 0.2) is 24.5 Å². The summed E-state index contributed by atoms with van der Waals surface area (Å²) >= 11 is 0. The van der Waals surface area contributed by atoms with Crippen molar-refractivity contribution in [2.24, 2.45) is 5.41 Å². The zero-order valence-corrected chi connectivity index (χ0v) is 12.9. The van der Waals surface area contributed by atoms with Gasteiger partial charge in [-0.3, -0.25) is 14.7 Å². The average molecular weight is 286 g/mol. The number of pyridine rings is 1. The number of nitriles is 1. The van der Waals surface area contributed by atoms with Crippen molar-refractivity contribution >= 4 is 5.91 Å². The van der Waals surface area contributed by atoms with Crippen LogP contribution >= 0.6 is 0 Å². The fraction of sp³-hybridized carbons (Fsp3) is 0.562. The summed E-state index contributed by atoms with van der Waals surface area (Å²) in [5.74, 6) is 0.178. The first-order valence-corrected chi connectivity index (χ1v) is 7.26. The van der Waals surface area contributed by atoms with Gasteiger partial charge in [-0.2, -0.15) is 5.26 Å². The van der Waals surface area contributed by atoms with Crippen molar-refractivity contribution in [3.63, 3.8) is 0 Å². The molecule has 1 saturated heterocycles. The molecule has 21 heavy (non-hydrogen) atoms. The van der Waals surface area contributed by atoms with E-state index in [0.29, 0.717) is 13.1 Å². The molecule has 0 aliphatic carbocycles. The maximum atomic E-state index is 12.3. The third kappa shape index (κ3) is 3.59. The van der Waals surface area contributed by atoms with Crippen LogP contribution < -0.4 is 0 Å². The number of carbonyl (C=O) groups is 1. The van der Waals surface area contributed by atoms with Crippen LogP contribution in [0.2, 0.25) is 0 Å². The van der Waals surface area contributed by atoms with E-state index in [1.165, 1.54) is 0 Å². The number of carbonyl (C=O) groups excluding carboxylic acids is 1. The molecular formula is C16H22N4O. The molecule has 0 aromatic carbocycles. The Labute approximate surface area is 126 Å². The van der Waals surface area contributed by atoms with Gasteiger partial charge in [-0.1, -0.05) is 26.8 Å². The highest BCUT2D eigenvalue weighted by Gasteiger charge is 2.31. The minimum atomic E-state index is -0.347. The van der Waals surface area contributed by atoms with E-state index < -0.39 is 0 Å². The van der Waals surface area contributed by atoms with Crippen LogP contribution in [0.1, 0.15) is 32.4 Å². The topological polar surface area (TPSA) is 60.2 Å². The van der Waals surface area contributed by atoms with Gasteiger partial charge in [0, 0.05) is 49.6 Å². The van der Waals surface area contributed by atoms with Crippen molar-refractivity contribution in [2.45, 2.75) is 26.8 Å². The van der Waals surface area contributed by atoms with Crippen LogP contribution in [-0.4, -0.2) is 46.9 Å². The Morgan fingerprint density at radius 3 is 2.48 bits per heavy atom. The highest BCUT2D eigenvalue weighted by Crippen LogP contribution is 2.23. The quantitative estimate of drug-likeness (QED) is 0.832. The molecule has 1 aromatic heterocycles. The number of nitrogens with zero attached hydrogens (tertiary/aromatic N) is 4. The van der Waals surface area contributed by atoms with Crippen LogP contribution in [0.3, 0.4) is 0 Å². The van der Waals surface area contributed by atoms with E-state index in [0.717, 1.165) is 18.7 Å². The molecule has 1 aliphatic rings. The molecule has 2 heterocycles. The molecule has 1 aliphatic heterocycles. The van der Waals surface area contributed by atoms with Gasteiger partial charge in [-0.05, 0) is 6.07 Å². The molecule has 0 N–H and O–H groups in total. The maximum absolute atomic E-state index is 12.3. The first kappa shape index (κ1) is 15.5. The minimum Gasteiger partial charge on any atom is -0.340 e. The van der Waals surface area contributed by atoms with Gasteiger partial charge in [0.25, 0.3) is 0 Å². The molecule has 2 rings (SSSR count). The third-order valence-corrected chi connectivity index (χ3v) is 3.73. The summed E-state index contributed by atoms with van der Waals surface area (Å²) in [6.45, 7) is 8.60. The Morgan fingerprint density at radius 2 is 2.00 bits per heavy atom. The first-order valence-electron chi connectivity index (χ1n) is 7.26. The number of amides is 1. The summed E-state index contributed by atoms with van der Waals surface area (Å²) < 4.78 is 0. The van der Waals surface area contributed by atoms with E-state index in [9.17, 15) is 10.1 Å². The lowest BCUT2D eigenvalue weighted by Crippen LogP contribution is -2.52.